The van der Waals surface area contributed by atoms with Crippen LogP contribution in [0, 0.1) is 0 Å². The summed E-state index contributed by atoms with van der Waals surface area (Å²) < 4.78 is 5.53. The average Bonchev–Trinajstić information content (AvgIpc) is 2.47. The molecule has 0 unspecified atom stereocenters. The molecule has 0 atom stereocenters. The van der Waals surface area contributed by atoms with Crippen molar-refractivity contribution in [1.82, 2.24) is 0 Å². The van der Waals surface area contributed by atoms with Gasteiger partial charge in [0.05, 0.1) is 0 Å². The van der Waals surface area contributed by atoms with Gasteiger partial charge in [-0.2, -0.15) is 0 Å². The van der Waals surface area contributed by atoms with Crippen LogP contribution in [0.5, 0.6) is 5.75 Å². The third-order valence-electron chi connectivity index (χ3n) is 1.83. The monoisotopic (exact) mass is 169 g/mol. The smallest absolute Gasteiger partial charge is 0.156 e. The first-order valence-corrected chi connectivity index (χ1v) is 4.77. The minimum atomic E-state index is 0.802. The van der Waals surface area contributed by atoms with E-state index in [0.717, 1.165) is 25.3 Å². The second-order valence-electron chi connectivity index (χ2n) is 2.55. The third kappa shape index (κ3) is 1.09. The van der Waals surface area contributed by atoms with Crippen LogP contribution in [0.25, 0.3) is 0 Å². The number of anilines is 1. The van der Waals surface area contributed by atoms with Gasteiger partial charge in [-0.3, -0.25) is 0 Å². The maximum Gasteiger partial charge on any atom is 0.156 e. The van der Waals surface area contributed by atoms with Crippen molar-refractivity contribution >= 4 is 16.3 Å². The molecule has 3 heteroatoms. The number of thiophene rings is 1. The van der Waals surface area contributed by atoms with E-state index in [2.05, 4.69) is 17.6 Å². The van der Waals surface area contributed by atoms with Crippen LogP contribution in [0.3, 0.4) is 0 Å². The molecule has 0 saturated heterocycles. The summed E-state index contributed by atoms with van der Waals surface area (Å²) in [4.78, 5) is 0. The lowest BCUT2D eigenvalue weighted by Gasteiger charge is -2.15. The Morgan fingerprint density at radius 3 is 3.45 bits per heavy atom. The van der Waals surface area contributed by atoms with Gasteiger partial charge in [0.15, 0.2) is 5.75 Å². The molecule has 0 bridgehead atoms. The summed E-state index contributed by atoms with van der Waals surface area (Å²) in [7, 11) is 0. The summed E-state index contributed by atoms with van der Waals surface area (Å²) in [6, 6.07) is 0. The van der Waals surface area contributed by atoms with Gasteiger partial charge >= 0.3 is 0 Å². The SMILES string of the molecule is CCc1csc2c1OCCN2. The van der Waals surface area contributed by atoms with Gasteiger partial charge in [0.2, 0.25) is 0 Å². The molecule has 1 aromatic heterocycles. The highest BCUT2D eigenvalue weighted by Crippen LogP contribution is 2.37. The lowest BCUT2D eigenvalue weighted by atomic mass is 10.2. The lowest BCUT2D eigenvalue weighted by molar-refractivity contribution is 0.322. The predicted molar refractivity (Wildman–Crippen MR) is 47.7 cm³/mol. The maximum atomic E-state index is 5.53. The Balaban J connectivity index is 2.38. The van der Waals surface area contributed by atoms with Crippen LogP contribution in [0.1, 0.15) is 12.5 Å². The van der Waals surface area contributed by atoms with Gasteiger partial charge in [-0.15, -0.1) is 11.3 Å². The molecule has 0 amide bonds. The largest absolute Gasteiger partial charge is 0.488 e. The van der Waals surface area contributed by atoms with Crippen molar-refractivity contribution in [3.05, 3.63) is 10.9 Å². The highest BCUT2D eigenvalue weighted by atomic mass is 32.1. The standard InChI is InChI=1S/C8H11NOS/c1-2-6-5-11-8-7(6)10-4-3-9-8/h5,9H,2-4H2,1H3. The highest BCUT2D eigenvalue weighted by molar-refractivity contribution is 7.14. The van der Waals surface area contributed by atoms with Gasteiger partial charge in [-0.05, 0) is 11.8 Å². The molecule has 2 nitrogen and oxygen atoms in total. The third-order valence-corrected chi connectivity index (χ3v) is 2.80. The van der Waals surface area contributed by atoms with Crippen molar-refractivity contribution in [2.24, 2.45) is 0 Å². The molecular formula is C8H11NOS. The molecule has 1 aromatic rings. The van der Waals surface area contributed by atoms with Crippen molar-refractivity contribution in [2.45, 2.75) is 13.3 Å². The maximum absolute atomic E-state index is 5.53. The summed E-state index contributed by atoms with van der Waals surface area (Å²) in [5.74, 6) is 1.09. The van der Waals surface area contributed by atoms with Gasteiger partial charge in [-0.1, -0.05) is 6.92 Å². The fraction of sp³-hybridized carbons (Fsp3) is 0.500. The molecule has 1 aliphatic heterocycles. The van der Waals surface area contributed by atoms with Crippen LogP contribution >= 0.6 is 11.3 Å². The van der Waals surface area contributed by atoms with Crippen molar-refractivity contribution in [3.63, 3.8) is 0 Å². The van der Waals surface area contributed by atoms with Crippen LogP contribution in [0.15, 0.2) is 5.38 Å². The lowest BCUT2D eigenvalue weighted by Crippen LogP contribution is -2.16. The Bertz CT molecular complexity index is 243. The Morgan fingerprint density at radius 2 is 2.64 bits per heavy atom. The molecule has 0 aromatic carbocycles. The predicted octanol–water partition coefficient (Wildman–Crippen LogP) is 2.11. The van der Waals surface area contributed by atoms with Crippen LogP contribution < -0.4 is 10.1 Å². The van der Waals surface area contributed by atoms with Crippen molar-refractivity contribution in [3.8, 4) is 5.75 Å². The minimum absolute atomic E-state index is 0.802. The topological polar surface area (TPSA) is 21.3 Å². The number of nitrogens with one attached hydrogen (secondary N) is 1. The number of fused-ring (bicyclic) bond motifs is 1. The Morgan fingerprint density at radius 1 is 1.73 bits per heavy atom. The molecule has 0 aliphatic carbocycles. The number of rotatable bonds is 1. The Kier molecular flexibility index (Phi) is 1.74. The number of hydrogen-bond donors (Lipinski definition) is 1. The molecule has 60 valence electrons. The van der Waals surface area contributed by atoms with E-state index in [4.69, 9.17) is 4.74 Å². The van der Waals surface area contributed by atoms with E-state index < -0.39 is 0 Å². The molecule has 0 fully saturated rings. The molecule has 0 saturated carbocycles. The van der Waals surface area contributed by atoms with E-state index in [1.807, 2.05) is 0 Å². The molecule has 11 heavy (non-hydrogen) atoms. The molecule has 0 spiro atoms. The second-order valence-corrected chi connectivity index (χ2v) is 3.43. The van der Waals surface area contributed by atoms with Crippen LogP contribution in [-0.4, -0.2) is 13.2 Å². The normalized spacial score (nSPS) is 15.0. The summed E-state index contributed by atoms with van der Waals surface area (Å²) in [5.41, 5.74) is 1.33. The quantitative estimate of drug-likeness (QED) is 0.695. The minimum Gasteiger partial charge on any atom is -0.488 e. The second kappa shape index (κ2) is 2.74. The molecule has 2 rings (SSSR count). The summed E-state index contributed by atoms with van der Waals surface area (Å²) >= 11 is 1.74. The van der Waals surface area contributed by atoms with Gasteiger partial charge in [0.25, 0.3) is 0 Å². The molecule has 2 heterocycles. The van der Waals surface area contributed by atoms with Gasteiger partial charge in [-0.25, -0.2) is 0 Å². The highest BCUT2D eigenvalue weighted by Gasteiger charge is 2.14. The Labute approximate surface area is 70.2 Å². The van der Waals surface area contributed by atoms with E-state index >= 15 is 0 Å². The molecule has 1 N–H and O–H groups in total. The van der Waals surface area contributed by atoms with Crippen LogP contribution in [0.4, 0.5) is 5.00 Å². The zero-order valence-electron chi connectivity index (χ0n) is 6.52. The van der Waals surface area contributed by atoms with Crippen molar-refractivity contribution < 1.29 is 4.74 Å². The van der Waals surface area contributed by atoms with E-state index in [1.54, 1.807) is 11.3 Å². The van der Waals surface area contributed by atoms with Crippen LogP contribution in [-0.2, 0) is 6.42 Å². The number of ether oxygens (including phenoxy) is 1. The van der Waals surface area contributed by atoms with Gasteiger partial charge in [0, 0.05) is 12.1 Å². The molecular weight excluding hydrogens is 158 g/mol. The van der Waals surface area contributed by atoms with Gasteiger partial charge in [0.1, 0.15) is 11.6 Å². The average molecular weight is 169 g/mol. The van der Waals surface area contributed by atoms with E-state index in [1.165, 1.54) is 10.6 Å². The first-order valence-electron chi connectivity index (χ1n) is 3.89. The number of aryl methyl sites for hydroxylation is 1. The zero-order chi connectivity index (χ0) is 7.68. The van der Waals surface area contributed by atoms with E-state index in [9.17, 15) is 0 Å². The van der Waals surface area contributed by atoms with Crippen LogP contribution in [0.2, 0.25) is 0 Å². The molecule has 1 aliphatic rings. The Hall–Kier alpha value is -0.700. The fourth-order valence-electron chi connectivity index (χ4n) is 1.22. The van der Waals surface area contributed by atoms with Crippen molar-refractivity contribution in [2.75, 3.05) is 18.5 Å². The summed E-state index contributed by atoms with van der Waals surface area (Å²) in [5, 5.41) is 6.68. The summed E-state index contributed by atoms with van der Waals surface area (Å²) in [6.07, 6.45) is 1.06. The van der Waals surface area contributed by atoms with Gasteiger partial charge < -0.3 is 10.1 Å². The fourth-order valence-corrected chi connectivity index (χ4v) is 2.24. The number of hydrogen-bond acceptors (Lipinski definition) is 3. The molecule has 0 radical (unpaired) electrons. The summed E-state index contributed by atoms with van der Waals surface area (Å²) in [6.45, 7) is 3.90. The zero-order valence-corrected chi connectivity index (χ0v) is 7.33. The first kappa shape index (κ1) is 6.98. The van der Waals surface area contributed by atoms with E-state index in [-0.39, 0.29) is 0 Å². The van der Waals surface area contributed by atoms with Crippen molar-refractivity contribution in [1.29, 1.82) is 0 Å². The van der Waals surface area contributed by atoms with E-state index in [0.29, 0.717) is 0 Å². The first-order chi connectivity index (χ1) is 5.42.